The molecule has 8 heteroatoms. The number of methoxy groups -OCH3 is 1. The summed E-state index contributed by atoms with van der Waals surface area (Å²) >= 11 is 1.35. The third kappa shape index (κ3) is 3.83. The lowest BCUT2D eigenvalue weighted by molar-refractivity contribution is -0.132. The van der Waals surface area contributed by atoms with Crippen molar-refractivity contribution in [3.8, 4) is 11.5 Å². The molecule has 2 aliphatic heterocycles. The molecule has 1 saturated heterocycles. The van der Waals surface area contributed by atoms with Gasteiger partial charge in [-0.15, -0.1) is 0 Å². The Balaban J connectivity index is 1.55. The van der Waals surface area contributed by atoms with Gasteiger partial charge >= 0.3 is 5.91 Å². The quantitative estimate of drug-likeness (QED) is 0.203. The normalized spacial score (nSPS) is 20.2. The number of ether oxygens (including phenoxy) is 2. The smallest absolute Gasteiger partial charge is 0.301 e. The first-order valence-corrected chi connectivity index (χ1v) is 13.2. The Bertz CT molecular complexity index is 1670. The van der Waals surface area contributed by atoms with Gasteiger partial charge in [0.2, 0.25) is 0 Å². The summed E-state index contributed by atoms with van der Waals surface area (Å²) in [4.78, 5) is 33.4. The Morgan fingerprint density at radius 1 is 1.13 bits per heavy atom. The topological polar surface area (TPSA) is 89.0 Å². The Hall–Kier alpha value is -4.17. The standard InChI is InChI=1S/C30H26N2O5S/c1-15-10-16(2)25-23(11-15)38-30(31-25)32-26(18-6-5-7-21(14-18)36-4)24(28(34)29(32)35)27(33)19-8-9-22-20(13-19)12-17(3)37-22/h5-11,13-14,17,26,33H,12H2,1-4H3/b27-24+/t17-,26+/m0/s1. The maximum absolute atomic E-state index is 13.6. The van der Waals surface area contributed by atoms with Gasteiger partial charge in [0.25, 0.3) is 5.78 Å². The van der Waals surface area contributed by atoms with Gasteiger partial charge in [0.15, 0.2) is 5.13 Å². The summed E-state index contributed by atoms with van der Waals surface area (Å²) in [5.74, 6) is -0.376. The molecule has 0 bridgehead atoms. The van der Waals surface area contributed by atoms with Gasteiger partial charge in [-0.1, -0.05) is 29.5 Å². The minimum atomic E-state index is -0.879. The summed E-state index contributed by atoms with van der Waals surface area (Å²) in [5.41, 5.74) is 4.93. The number of anilines is 1. The van der Waals surface area contributed by atoms with Crippen LogP contribution in [0.2, 0.25) is 0 Å². The lowest BCUT2D eigenvalue weighted by Gasteiger charge is -2.23. The van der Waals surface area contributed by atoms with Gasteiger partial charge < -0.3 is 14.6 Å². The van der Waals surface area contributed by atoms with Crippen molar-refractivity contribution in [2.75, 3.05) is 12.0 Å². The van der Waals surface area contributed by atoms with Crippen molar-refractivity contribution in [1.29, 1.82) is 0 Å². The fourth-order valence-electron chi connectivity index (χ4n) is 5.34. The van der Waals surface area contributed by atoms with Crippen LogP contribution in [0.1, 0.15) is 40.8 Å². The average molecular weight is 527 g/mol. The zero-order chi connectivity index (χ0) is 26.7. The van der Waals surface area contributed by atoms with E-state index in [9.17, 15) is 14.7 Å². The van der Waals surface area contributed by atoms with Crippen LogP contribution in [0, 0.1) is 13.8 Å². The molecule has 6 rings (SSSR count). The van der Waals surface area contributed by atoms with Crippen molar-refractivity contribution in [3.63, 3.8) is 0 Å². The zero-order valence-electron chi connectivity index (χ0n) is 21.4. The number of aromatic nitrogens is 1. The van der Waals surface area contributed by atoms with Crippen molar-refractivity contribution < 1.29 is 24.2 Å². The molecule has 0 saturated carbocycles. The second-order valence-corrected chi connectivity index (χ2v) is 10.8. The van der Waals surface area contributed by atoms with Crippen LogP contribution in [0.25, 0.3) is 16.0 Å². The van der Waals surface area contributed by atoms with Crippen LogP contribution in [-0.2, 0) is 16.0 Å². The third-order valence-corrected chi connectivity index (χ3v) is 8.05. The molecule has 0 aliphatic carbocycles. The molecule has 1 aromatic heterocycles. The van der Waals surface area contributed by atoms with Crippen LogP contribution in [0.15, 0.2) is 60.2 Å². The van der Waals surface area contributed by atoms with Gasteiger partial charge in [-0.05, 0) is 79.4 Å². The number of aryl methyl sites for hydroxylation is 2. The summed E-state index contributed by atoms with van der Waals surface area (Å²) in [6.45, 7) is 5.97. The number of rotatable bonds is 4. The van der Waals surface area contributed by atoms with Crippen molar-refractivity contribution in [2.24, 2.45) is 0 Å². The number of carbonyl (C=O) groups excluding carboxylic acids is 2. The molecule has 0 radical (unpaired) electrons. The Kier molecular flexibility index (Phi) is 5.72. The van der Waals surface area contributed by atoms with E-state index in [1.807, 2.05) is 45.0 Å². The van der Waals surface area contributed by atoms with Crippen molar-refractivity contribution in [1.82, 2.24) is 4.98 Å². The fourth-order valence-corrected chi connectivity index (χ4v) is 6.51. The molecule has 2 atom stereocenters. The van der Waals surface area contributed by atoms with E-state index >= 15 is 0 Å². The van der Waals surface area contributed by atoms with E-state index in [1.165, 1.54) is 16.2 Å². The molecular weight excluding hydrogens is 500 g/mol. The molecule has 0 unspecified atom stereocenters. The number of hydrogen-bond donors (Lipinski definition) is 1. The van der Waals surface area contributed by atoms with Crippen LogP contribution in [-0.4, -0.2) is 35.0 Å². The monoisotopic (exact) mass is 526 g/mol. The van der Waals surface area contributed by atoms with E-state index in [-0.39, 0.29) is 17.4 Å². The van der Waals surface area contributed by atoms with Gasteiger partial charge in [0.1, 0.15) is 23.4 Å². The van der Waals surface area contributed by atoms with Gasteiger partial charge in [-0.25, -0.2) is 4.98 Å². The third-order valence-electron chi connectivity index (χ3n) is 7.05. The summed E-state index contributed by atoms with van der Waals surface area (Å²) in [6.07, 6.45) is 0.741. The number of hydrogen-bond acceptors (Lipinski definition) is 7. The Morgan fingerprint density at radius 3 is 2.74 bits per heavy atom. The Labute approximate surface area is 224 Å². The van der Waals surface area contributed by atoms with Crippen LogP contribution >= 0.6 is 11.3 Å². The molecule has 3 heterocycles. The first-order valence-electron chi connectivity index (χ1n) is 12.4. The number of fused-ring (bicyclic) bond motifs is 2. The Morgan fingerprint density at radius 2 is 1.95 bits per heavy atom. The number of Topliss-reactive ketones (excluding diaryl/α,β-unsaturated/α-hetero) is 1. The number of benzene rings is 3. The molecule has 7 nitrogen and oxygen atoms in total. The van der Waals surface area contributed by atoms with Crippen LogP contribution < -0.4 is 14.4 Å². The average Bonchev–Trinajstić information content (AvgIpc) is 3.56. The number of nitrogens with zero attached hydrogens (tertiary/aromatic N) is 2. The summed E-state index contributed by atoms with van der Waals surface area (Å²) < 4.78 is 12.2. The summed E-state index contributed by atoms with van der Waals surface area (Å²) in [5, 5.41) is 11.9. The number of thiazole rings is 1. The highest BCUT2D eigenvalue weighted by molar-refractivity contribution is 7.22. The lowest BCUT2D eigenvalue weighted by atomic mass is 9.94. The zero-order valence-corrected chi connectivity index (χ0v) is 22.3. The van der Waals surface area contributed by atoms with Crippen LogP contribution in [0.5, 0.6) is 11.5 Å². The van der Waals surface area contributed by atoms with Gasteiger partial charge in [0, 0.05) is 12.0 Å². The van der Waals surface area contributed by atoms with Gasteiger partial charge in [-0.2, -0.15) is 0 Å². The molecular formula is C30H26N2O5S. The van der Waals surface area contributed by atoms with E-state index in [2.05, 4.69) is 0 Å². The largest absolute Gasteiger partial charge is 0.507 e. The van der Waals surface area contributed by atoms with Crippen molar-refractivity contribution in [3.05, 3.63) is 88.0 Å². The molecule has 192 valence electrons. The highest BCUT2D eigenvalue weighted by atomic mass is 32.1. The number of aliphatic hydroxyl groups excluding tert-OH is 1. The van der Waals surface area contributed by atoms with Crippen molar-refractivity contribution >= 4 is 44.1 Å². The van der Waals surface area contributed by atoms with Crippen LogP contribution in [0.3, 0.4) is 0 Å². The van der Waals surface area contributed by atoms with E-state index in [4.69, 9.17) is 14.5 Å². The number of ketones is 1. The van der Waals surface area contributed by atoms with E-state index in [1.54, 1.807) is 37.4 Å². The fraction of sp³-hybridized carbons (Fsp3) is 0.233. The maximum atomic E-state index is 13.6. The molecule has 0 spiro atoms. The minimum absolute atomic E-state index is 0.0160. The van der Waals surface area contributed by atoms with E-state index in [0.29, 0.717) is 28.4 Å². The lowest BCUT2D eigenvalue weighted by Crippen LogP contribution is -2.29. The van der Waals surface area contributed by atoms with E-state index < -0.39 is 17.7 Å². The second kappa shape index (κ2) is 8.99. The van der Waals surface area contributed by atoms with E-state index in [0.717, 1.165) is 32.7 Å². The molecule has 1 fully saturated rings. The van der Waals surface area contributed by atoms with Crippen molar-refractivity contribution in [2.45, 2.75) is 39.3 Å². The SMILES string of the molecule is COc1cccc([C@@H]2/C(=C(\O)c3ccc4c(c3)C[C@H](C)O4)C(=O)C(=O)N2c2nc3c(C)cc(C)cc3s2)c1. The number of carbonyl (C=O) groups is 2. The molecule has 2 aliphatic rings. The highest BCUT2D eigenvalue weighted by Crippen LogP contribution is 2.45. The first-order chi connectivity index (χ1) is 18.2. The molecule has 1 amide bonds. The first kappa shape index (κ1) is 24.2. The summed E-state index contributed by atoms with van der Waals surface area (Å²) in [7, 11) is 1.56. The molecule has 38 heavy (non-hydrogen) atoms. The number of amides is 1. The van der Waals surface area contributed by atoms with Crippen LogP contribution in [0.4, 0.5) is 5.13 Å². The highest BCUT2D eigenvalue weighted by Gasteiger charge is 2.48. The maximum Gasteiger partial charge on any atom is 0.301 e. The number of aliphatic hydroxyl groups is 1. The molecule has 3 aromatic carbocycles. The summed E-state index contributed by atoms with van der Waals surface area (Å²) in [6, 6.07) is 15.7. The second-order valence-electron chi connectivity index (χ2n) is 9.83. The molecule has 1 N–H and O–H groups in total. The van der Waals surface area contributed by atoms with Gasteiger partial charge in [-0.3, -0.25) is 14.5 Å². The predicted octanol–water partition coefficient (Wildman–Crippen LogP) is 5.87. The minimum Gasteiger partial charge on any atom is -0.507 e. The van der Waals surface area contributed by atoms with Gasteiger partial charge in [0.05, 0.1) is 28.9 Å². The predicted molar refractivity (Wildman–Crippen MR) is 147 cm³/mol. The molecule has 4 aromatic rings.